The Hall–Kier alpha value is -0.750. The van der Waals surface area contributed by atoms with Gasteiger partial charge in [-0.1, -0.05) is 30.3 Å². The molecule has 1 rings (SSSR count). The largest absolute Gasteiger partial charge is 0.355 e. The smallest absolute Gasteiger partial charge is 0.337 e. The number of benzene rings is 1. The molecule has 0 saturated carbocycles. The maximum absolute atomic E-state index is 11.9. The van der Waals surface area contributed by atoms with Crippen LogP contribution in [0.25, 0.3) is 0 Å². The molecule has 0 fully saturated rings. The molecule has 0 bridgehead atoms. The molecule has 172 valence electrons. The van der Waals surface area contributed by atoms with E-state index in [2.05, 4.69) is 0 Å². The van der Waals surface area contributed by atoms with Crippen molar-refractivity contribution in [2.45, 2.75) is 24.1 Å². The summed E-state index contributed by atoms with van der Waals surface area (Å²) in [7, 11) is -24.2. The Kier molecular flexibility index (Phi) is 8.55. The molecule has 30 heavy (non-hydrogen) atoms. The molecule has 19 heteroatoms. The Bertz CT molecular complexity index is 855. The first-order valence-electron chi connectivity index (χ1n) is 7.58. The molecular weight excluding hydrogens is 492 g/mol. The number of amides is 1. The van der Waals surface area contributed by atoms with Crippen molar-refractivity contribution < 1.29 is 62.2 Å². The van der Waals surface area contributed by atoms with Gasteiger partial charge < -0.3 is 44.5 Å². The third-order valence-corrected chi connectivity index (χ3v) is 10.6. The average molecular weight is 512 g/mol. The molecule has 1 atom stereocenters. The summed E-state index contributed by atoms with van der Waals surface area (Å²) in [6, 6.07) is 6.25. The van der Waals surface area contributed by atoms with Crippen LogP contribution in [0.15, 0.2) is 30.3 Å². The summed E-state index contributed by atoms with van der Waals surface area (Å²) in [6.45, 7) is 0.849. The second kappa shape index (κ2) is 9.40. The van der Waals surface area contributed by atoms with Crippen molar-refractivity contribution in [2.24, 2.45) is 0 Å². The number of hydrogen-bond acceptors (Lipinski definition) is 6. The number of carbonyl (C=O) groups excluding carboxylic acids is 1. The summed E-state index contributed by atoms with van der Waals surface area (Å²) >= 11 is 0. The molecule has 0 aliphatic rings. The molecule has 0 aromatic heterocycles. The van der Waals surface area contributed by atoms with Crippen LogP contribution in [-0.2, 0) is 23.1 Å². The van der Waals surface area contributed by atoms with Gasteiger partial charge in [0.05, 0.1) is 0 Å². The topological polar surface area (TPSA) is 262 Å². The Morgan fingerprint density at radius 3 is 1.37 bits per heavy atom. The Labute approximate surface area is 169 Å². The van der Waals surface area contributed by atoms with Crippen LogP contribution in [0.2, 0.25) is 0 Å². The van der Waals surface area contributed by atoms with E-state index in [4.69, 9.17) is 0 Å². The van der Waals surface area contributed by atoms with E-state index < -0.39 is 58.4 Å². The first kappa shape index (κ1) is 27.3. The lowest BCUT2D eigenvalue weighted by atomic mass is 10.1. The van der Waals surface area contributed by atoms with E-state index in [1.165, 1.54) is 18.2 Å². The molecule has 0 saturated heterocycles. The van der Waals surface area contributed by atoms with Crippen molar-refractivity contribution in [2.75, 3.05) is 0 Å². The molecule has 0 aliphatic heterocycles. The third kappa shape index (κ3) is 7.15. The lowest BCUT2D eigenvalue weighted by Gasteiger charge is -2.42. The van der Waals surface area contributed by atoms with Gasteiger partial charge in [0.15, 0.2) is 0 Å². The fourth-order valence-electron chi connectivity index (χ4n) is 2.63. The SMILES string of the molecule is CC(=O)NC(c1ccccc1)N(C(P(=O)(O)O)P(=O)(O)O)C(P(=O)(O)O)P(=O)(O)O. The van der Waals surface area contributed by atoms with E-state index in [-0.39, 0.29) is 5.56 Å². The minimum Gasteiger partial charge on any atom is -0.337 e. The van der Waals surface area contributed by atoms with Crippen LogP contribution >= 0.6 is 30.4 Å². The van der Waals surface area contributed by atoms with Gasteiger partial charge in [-0.25, -0.2) is 4.90 Å². The fourth-order valence-corrected chi connectivity index (χ4v) is 8.64. The highest BCUT2D eigenvalue weighted by Gasteiger charge is 2.60. The van der Waals surface area contributed by atoms with Crippen LogP contribution in [0.1, 0.15) is 18.7 Å². The molecule has 0 heterocycles. The first-order chi connectivity index (χ1) is 13.3. The van der Waals surface area contributed by atoms with Crippen LogP contribution in [-0.4, -0.2) is 61.0 Å². The Morgan fingerprint density at radius 2 is 1.10 bits per heavy atom. The Balaban J connectivity index is 4.06. The summed E-state index contributed by atoms with van der Waals surface area (Å²) in [5, 5.41) is 1.96. The zero-order valence-corrected chi connectivity index (χ0v) is 18.6. The van der Waals surface area contributed by atoms with Crippen LogP contribution in [0.4, 0.5) is 0 Å². The summed E-state index contributed by atoms with van der Waals surface area (Å²) in [5.41, 5.74) is -7.09. The van der Waals surface area contributed by atoms with Gasteiger partial charge in [-0.3, -0.25) is 23.1 Å². The van der Waals surface area contributed by atoms with Gasteiger partial charge in [-0.05, 0) is 5.56 Å². The second-order valence-corrected chi connectivity index (χ2v) is 13.5. The predicted octanol–water partition coefficient (Wildman–Crippen LogP) is -0.599. The quantitative estimate of drug-likeness (QED) is 0.148. The monoisotopic (exact) mass is 512 g/mol. The molecule has 0 spiro atoms. The zero-order valence-electron chi connectivity index (χ0n) is 15.0. The van der Waals surface area contributed by atoms with Crippen molar-refractivity contribution >= 4 is 36.3 Å². The summed E-state index contributed by atoms with van der Waals surface area (Å²) in [6.07, 6.45) is -2.17. The van der Waals surface area contributed by atoms with E-state index in [0.717, 1.165) is 19.1 Å². The van der Waals surface area contributed by atoms with E-state index in [1.54, 1.807) is 0 Å². The molecule has 1 aromatic carbocycles. The molecule has 15 nitrogen and oxygen atoms in total. The van der Waals surface area contributed by atoms with E-state index in [0.29, 0.717) is 0 Å². The Morgan fingerprint density at radius 1 is 0.767 bits per heavy atom. The van der Waals surface area contributed by atoms with Gasteiger partial charge in [0.2, 0.25) is 17.0 Å². The maximum atomic E-state index is 11.9. The lowest BCUT2D eigenvalue weighted by molar-refractivity contribution is -0.121. The highest BCUT2D eigenvalue weighted by atomic mass is 31.2. The number of hydrogen-bond donors (Lipinski definition) is 9. The normalized spacial score (nSPS) is 14.9. The van der Waals surface area contributed by atoms with Crippen molar-refractivity contribution in [1.82, 2.24) is 10.2 Å². The predicted molar refractivity (Wildman–Crippen MR) is 101 cm³/mol. The van der Waals surface area contributed by atoms with Gasteiger partial charge in [0, 0.05) is 6.92 Å². The minimum atomic E-state index is -6.04. The number of rotatable bonds is 9. The van der Waals surface area contributed by atoms with Gasteiger partial charge >= 0.3 is 30.4 Å². The van der Waals surface area contributed by atoms with Crippen molar-refractivity contribution in [3.8, 4) is 0 Å². The van der Waals surface area contributed by atoms with Crippen LogP contribution in [0, 0.1) is 0 Å². The fraction of sp³-hybridized carbons (Fsp3) is 0.364. The summed E-state index contributed by atoms with van der Waals surface area (Å²) in [4.78, 5) is 87.7. The van der Waals surface area contributed by atoms with E-state index in [9.17, 15) is 62.2 Å². The summed E-state index contributed by atoms with van der Waals surface area (Å²) < 4.78 is 47.8. The van der Waals surface area contributed by atoms with Gasteiger partial charge in [0.1, 0.15) is 6.17 Å². The molecule has 1 aromatic rings. The van der Waals surface area contributed by atoms with Crippen molar-refractivity contribution in [1.29, 1.82) is 0 Å². The summed E-state index contributed by atoms with van der Waals surface area (Å²) in [5.74, 6) is -1.01. The molecule has 1 unspecified atom stereocenters. The van der Waals surface area contributed by atoms with Crippen LogP contribution in [0.5, 0.6) is 0 Å². The number of carbonyl (C=O) groups is 1. The van der Waals surface area contributed by atoms with Crippen LogP contribution < -0.4 is 5.32 Å². The second-order valence-electron chi connectivity index (χ2n) is 6.01. The lowest BCUT2D eigenvalue weighted by Crippen LogP contribution is -2.50. The van der Waals surface area contributed by atoms with Gasteiger partial charge in [-0.15, -0.1) is 0 Å². The number of nitrogens with one attached hydrogen (secondary N) is 1. The van der Waals surface area contributed by atoms with Crippen molar-refractivity contribution in [3.63, 3.8) is 0 Å². The average Bonchev–Trinajstić information content (AvgIpc) is 2.47. The zero-order chi connectivity index (χ0) is 23.7. The number of nitrogens with zero attached hydrogens (tertiary/aromatic N) is 1. The highest BCUT2D eigenvalue weighted by molar-refractivity contribution is 7.72. The maximum Gasteiger partial charge on any atom is 0.355 e. The van der Waals surface area contributed by atoms with E-state index >= 15 is 0 Å². The molecular formula is C11H20N2O13P4. The standard InChI is InChI=1S/C11H20N2O13P4/c1-7(14)12-9(8-5-3-2-4-6-8)13(10(27(15,16)17)28(18,19)20)11(29(21,22)23)30(24,25)26/h2-6,9-11H,1H3,(H,12,14)(H2,15,16,17)(H2,18,19,20)(H2,21,22,23)(H2,24,25,26). The molecule has 9 N–H and O–H groups in total. The molecule has 0 aliphatic carbocycles. The van der Waals surface area contributed by atoms with E-state index in [1.807, 2.05) is 5.32 Å². The third-order valence-electron chi connectivity index (χ3n) is 3.49. The van der Waals surface area contributed by atoms with Crippen LogP contribution in [0.3, 0.4) is 0 Å². The molecule has 1 amide bonds. The highest BCUT2D eigenvalue weighted by Crippen LogP contribution is 2.70. The first-order valence-corrected chi connectivity index (χ1v) is 14.3. The van der Waals surface area contributed by atoms with Crippen molar-refractivity contribution in [3.05, 3.63) is 35.9 Å². The minimum absolute atomic E-state index is 0.244. The van der Waals surface area contributed by atoms with Gasteiger partial charge in [0.25, 0.3) is 0 Å². The van der Waals surface area contributed by atoms with Gasteiger partial charge in [-0.2, -0.15) is 0 Å². The molecule has 0 radical (unpaired) electrons.